The van der Waals surface area contributed by atoms with Gasteiger partial charge in [-0.15, -0.1) is 0 Å². The van der Waals surface area contributed by atoms with Gasteiger partial charge >= 0.3 is 6.18 Å². The van der Waals surface area contributed by atoms with E-state index in [4.69, 9.17) is 43.8 Å². The molecule has 0 aliphatic heterocycles. The molecule has 5 rings (SSSR count). The van der Waals surface area contributed by atoms with E-state index >= 15 is 0 Å². The van der Waals surface area contributed by atoms with Gasteiger partial charge in [0.25, 0.3) is 0 Å². The van der Waals surface area contributed by atoms with Crippen LogP contribution in [-0.2, 0) is 6.18 Å². The van der Waals surface area contributed by atoms with Gasteiger partial charge in [0.15, 0.2) is 5.65 Å². The molecule has 0 bridgehead atoms. The van der Waals surface area contributed by atoms with Crippen molar-refractivity contribution in [1.29, 1.82) is 0 Å². The Hall–Kier alpha value is -3.66. The monoisotopic (exact) mass is 571 g/mol. The first-order valence-corrected chi connectivity index (χ1v) is 12.8. The first-order valence-electron chi connectivity index (χ1n) is 12.0. The van der Waals surface area contributed by atoms with E-state index in [-0.39, 0.29) is 18.5 Å². The summed E-state index contributed by atoms with van der Waals surface area (Å²) in [5, 5.41) is 5.87. The number of ether oxygens (including phenoxy) is 1. The molecule has 3 heterocycles. The first-order chi connectivity index (χ1) is 18.7. The van der Waals surface area contributed by atoms with Crippen molar-refractivity contribution in [1.82, 2.24) is 19.6 Å². The molecule has 5 aromatic rings. The maximum Gasteiger partial charge on any atom is 0.433 e. The van der Waals surface area contributed by atoms with E-state index in [9.17, 15) is 13.2 Å². The summed E-state index contributed by atoms with van der Waals surface area (Å²) in [6, 6.07) is 18.0. The van der Waals surface area contributed by atoms with Gasteiger partial charge in [-0.1, -0.05) is 60.5 Å². The minimum Gasteiger partial charge on any atom is -0.476 e. The van der Waals surface area contributed by atoms with Gasteiger partial charge in [-0.2, -0.15) is 23.3 Å². The van der Waals surface area contributed by atoms with E-state index in [0.717, 1.165) is 17.8 Å². The molecule has 0 saturated heterocycles. The number of benzene rings is 2. The third kappa shape index (κ3) is 5.56. The lowest BCUT2D eigenvalue weighted by molar-refractivity contribution is -0.141. The predicted molar refractivity (Wildman–Crippen MR) is 146 cm³/mol. The highest BCUT2D eigenvalue weighted by Crippen LogP contribution is 2.40. The van der Waals surface area contributed by atoms with Crippen LogP contribution < -0.4 is 10.5 Å². The largest absolute Gasteiger partial charge is 0.476 e. The normalized spacial score (nSPS) is 12.6. The van der Waals surface area contributed by atoms with Crippen molar-refractivity contribution in [3.05, 3.63) is 88.7 Å². The number of nitrogens with two attached hydrogens (primary N) is 1. The van der Waals surface area contributed by atoms with Crippen LogP contribution in [0.4, 0.5) is 13.2 Å². The second-order valence-electron chi connectivity index (χ2n) is 8.83. The zero-order chi connectivity index (χ0) is 27.7. The number of alkyl halides is 3. The van der Waals surface area contributed by atoms with Crippen molar-refractivity contribution < 1.29 is 17.9 Å². The molecular weight excluding hydrogens is 550 g/mol. The molecule has 0 spiro atoms. The number of pyridine rings is 1. The smallest absolute Gasteiger partial charge is 0.433 e. The van der Waals surface area contributed by atoms with Crippen molar-refractivity contribution in [2.24, 2.45) is 5.73 Å². The van der Waals surface area contributed by atoms with E-state index in [0.29, 0.717) is 50.2 Å². The Balaban J connectivity index is 1.80. The quantitative estimate of drug-likeness (QED) is 0.218. The van der Waals surface area contributed by atoms with Crippen molar-refractivity contribution in [2.45, 2.75) is 25.6 Å². The van der Waals surface area contributed by atoms with Crippen molar-refractivity contribution in [2.75, 3.05) is 6.61 Å². The van der Waals surface area contributed by atoms with Crippen LogP contribution in [0.1, 0.15) is 19.0 Å². The number of rotatable bonds is 7. The lowest BCUT2D eigenvalue weighted by Gasteiger charge is -2.13. The minimum absolute atomic E-state index is 0.201. The zero-order valence-electron chi connectivity index (χ0n) is 20.6. The molecule has 39 heavy (non-hydrogen) atoms. The Kier molecular flexibility index (Phi) is 7.48. The maximum atomic E-state index is 13.2. The average molecular weight is 572 g/mol. The van der Waals surface area contributed by atoms with Crippen LogP contribution >= 0.6 is 23.2 Å². The standard InChI is InChI=1S/C28H22Cl2F3N5O/c1-2-19(34)15-39-24-13-22(17-9-12-23(35-14-17)28(31,32)33)38-27(36-24)25(16-7-10-18(29)11-8-16)26(37-38)20-5-3-4-6-21(20)30/h3-14,19H,2,15,34H2,1H3/t19-/m0/s1. The Morgan fingerprint density at radius 1 is 1.00 bits per heavy atom. The number of fused-ring (bicyclic) bond motifs is 1. The van der Waals surface area contributed by atoms with Crippen LogP contribution in [0.2, 0.25) is 10.0 Å². The van der Waals surface area contributed by atoms with Crippen LogP contribution in [0.3, 0.4) is 0 Å². The second kappa shape index (κ2) is 10.8. The summed E-state index contributed by atoms with van der Waals surface area (Å²) in [5.41, 5.74) is 8.86. The van der Waals surface area contributed by atoms with Crippen LogP contribution in [0.15, 0.2) is 72.9 Å². The second-order valence-corrected chi connectivity index (χ2v) is 9.68. The molecule has 0 amide bonds. The number of nitrogens with zero attached hydrogens (tertiary/aromatic N) is 4. The molecule has 1 atom stereocenters. The third-order valence-corrected chi connectivity index (χ3v) is 6.73. The molecule has 0 unspecified atom stereocenters. The number of halogens is 5. The van der Waals surface area contributed by atoms with Crippen molar-refractivity contribution >= 4 is 28.8 Å². The predicted octanol–water partition coefficient (Wildman–Crippen LogP) is 7.57. The molecule has 2 N–H and O–H groups in total. The minimum atomic E-state index is -4.57. The van der Waals surface area contributed by atoms with Crippen molar-refractivity contribution in [3.8, 4) is 39.5 Å². The molecule has 3 aromatic heterocycles. The molecule has 0 saturated carbocycles. The summed E-state index contributed by atoms with van der Waals surface area (Å²) in [5.74, 6) is 0.238. The summed E-state index contributed by atoms with van der Waals surface area (Å²) < 4.78 is 47.1. The molecule has 6 nitrogen and oxygen atoms in total. The van der Waals surface area contributed by atoms with E-state index < -0.39 is 11.9 Å². The Morgan fingerprint density at radius 2 is 1.72 bits per heavy atom. The van der Waals surface area contributed by atoms with E-state index in [1.165, 1.54) is 6.07 Å². The summed E-state index contributed by atoms with van der Waals surface area (Å²) in [6.45, 7) is 2.14. The Labute approximate surface area is 232 Å². The van der Waals surface area contributed by atoms with E-state index in [2.05, 4.69) is 4.98 Å². The highest BCUT2D eigenvalue weighted by atomic mass is 35.5. The van der Waals surface area contributed by atoms with Gasteiger partial charge in [0.05, 0.1) is 16.3 Å². The summed E-state index contributed by atoms with van der Waals surface area (Å²) >= 11 is 12.7. The molecule has 0 fully saturated rings. The van der Waals surface area contributed by atoms with Gasteiger partial charge in [-0.05, 0) is 42.3 Å². The van der Waals surface area contributed by atoms with Gasteiger partial charge < -0.3 is 10.5 Å². The lowest BCUT2D eigenvalue weighted by atomic mass is 10.0. The Morgan fingerprint density at radius 3 is 2.36 bits per heavy atom. The number of hydrogen-bond acceptors (Lipinski definition) is 5. The average Bonchev–Trinajstić information content (AvgIpc) is 3.30. The molecule has 0 radical (unpaired) electrons. The third-order valence-electron chi connectivity index (χ3n) is 6.15. The fourth-order valence-corrected chi connectivity index (χ4v) is 4.37. The molecule has 0 aliphatic carbocycles. The highest BCUT2D eigenvalue weighted by Gasteiger charge is 2.32. The van der Waals surface area contributed by atoms with Crippen LogP contribution in [0, 0.1) is 0 Å². The first kappa shape index (κ1) is 26.9. The van der Waals surface area contributed by atoms with Crippen LogP contribution in [0.25, 0.3) is 39.3 Å². The van der Waals surface area contributed by atoms with E-state index in [1.54, 1.807) is 28.8 Å². The SMILES string of the molecule is CC[C@H](N)COc1cc(-c2ccc(C(F)(F)F)nc2)n2nc(-c3ccccc3Cl)c(-c3ccc(Cl)cc3)c2n1. The van der Waals surface area contributed by atoms with Gasteiger partial charge in [-0.25, -0.2) is 4.52 Å². The molecule has 11 heteroatoms. The molecule has 2 aromatic carbocycles. The summed E-state index contributed by atoms with van der Waals surface area (Å²) in [4.78, 5) is 8.38. The van der Waals surface area contributed by atoms with Crippen LogP contribution in [0.5, 0.6) is 5.88 Å². The van der Waals surface area contributed by atoms with Gasteiger partial charge in [0, 0.05) is 34.5 Å². The van der Waals surface area contributed by atoms with E-state index in [1.807, 2.05) is 37.3 Å². The summed E-state index contributed by atoms with van der Waals surface area (Å²) in [7, 11) is 0. The maximum absolute atomic E-state index is 13.2. The summed E-state index contributed by atoms with van der Waals surface area (Å²) in [6.07, 6.45) is -2.73. The number of aromatic nitrogens is 4. The molecule has 200 valence electrons. The fourth-order valence-electron chi connectivity index (χ4n) is 4.02. The van der Waals surface area contributed by atoms with Crippen molar-refractivity contribution in [3.63, 3.8) is 0 Å². The molecular formula is C28H22Cl2F3N5O. The zero-order valence-corrected chi connectivity index (χ0v) is 22.1. The van der Waals surface area contributed by atoms with Gasteiger partial charge in [0.2, 0.25) is 5.88 Å². The number of hydrogen-bond donors (Lipinski definition) is 1. The molecule has 0 aliphatic rings. The van der Waals surface area contributed by atoms with Gasteiger partial charge in [-0.3, -0.25) is 4.98 Å². The van der Waals surface area contributed by atoms with Gasteiger partial charge in [0.1, 0.15) is 18.0 Å². The fraction of sp³-hybridized carbons (Fsp3) is 0.179. The van der Waals surface area contributed by atoms with Crippen LogP contribution in [-0.4, -0.2) is 32.2 Å². The highest BCUT2D eigenvalue weighted by molar-refractivity contribution is 6.33. The Bertz CT molecular complexity index is 1620. The topological polar surface area (TPSA) is 78.3 Å². The lowest BCUT2D eigenvalue weighted by Crippen LogP contribution is -2.27.